The van der Waals surface area contributed by atoms with Crippen molar-refractivity contribution < 1.29 is 13.6 Å². The van der Waals surface area contributed by atoms with Crippen molar-refractivity contribution in [2.45, 2.75) is 6.54 Å². The van der Waals surface area contributed by atoms with E-state index in [4.69, 9.17) is 11.6 Å². The third kappa shape index (κ3) is 1.94. The summed E-state index contributed by atoms with van der Waals surface area (Å²) in [6.07, 6.45) is 0. The number of hydrogen-bond donors (Lipinski definition) is 0. The molecule has 0 aliphatic carbocycles. The summed E-state index contributed by atoms with van der Waals surface area (Å²) in [6, 6.07) is 5.94. The highest BCUT2D eigenvalue weighted by Crippen LogP contribution is 2.31. The number of halogens is 3. The molecule has 6 heteroatoms. The zero-order valence-corrected chi connectivity index (χ0v) is 11.2. The fourth-order valence-corrected chi connectivity index (χ4v) is 2.49. The van der Waals surface area contributed by atoms with Crippen LogP contribution >= 0.6 is 11.6 Å². The van der Waals surface area contributed by atoms with Crippen molar-refractivity contribution in [3.05, 3.63) is 52.2 Å². The van der Waals surface area contributed by atoms with Crippen molar-refractivity contribution in [3.8, 4) is 11.3 Å². The van der Waals surface area contributed by atoms with E-state index < -0.39 is 11.8 Å². The fourth-order valence-electron chi connectivity index (χ4n) is 2.24. The molecule has 1 aliphatic heterocycles. The summed E-state index contributed by atoms with van der Waals surface area (Å²) in [6.45, 7) is 0.535. The van der Waals surface area contributed by atoms with Crippen molar-refractivity contribution >= 4 is 17.5 Å². The van der Waals surface area contributed by atoms with Gasteiger partial charge in [0.1, 0.15) is 0 Å². The van der Waals surface area contributed by atoms with Crippen LogP contribution < -0.4 is 0 Å². The lowest BCUT2D eigenvalue weighted by Gasteiger charge is -2.06. The van der Waals surface area contributed by atoms with Crippen LogP contribution in [0.25, 0.3) is 11.3 Å². The lowest BCUT2D eigenvalue weighted by atomic mass is 10.0. The second-order valence-electron chi connectivity index (χ2n) is 4.62. The van der Waals surface area contributed by atoms with Gasteiger partial charge in [-0.3, -0.25) is 4.79 Å². The monoisotopic (exact) mass is 294 g/mol. The maximum atomic E-state index is 13.2. The lowest BCUT2D eigenvalue weighted by molar-refractivity contribution is 0.0816. The molecule has 1 aromatic carbocycles. The molecule has 0 atom stereocenters. The van der Waals surface area contributed by atoms with E-state index in [1.165, 1.54) is 0 Å². The van der Waals surface area contributed by atoms with Gasteiger partial charge in [0.25, 0.3) is 5.91 Å². The number of aromatic nitrogens is 1. The molecule has 0 N–H and O–H groups in total. The normalized spacial score (nSPS) is 13.8. The number of fused-ring (bicyclic) bond motifs is 1. The molecule has 2 heterocycles. The highest BCUT2D eigenvalue weighted by molar-refractivity contribution is 6.33. The zero-order valence-electron chi connectivity index (χ0n) is 10.5. The van der Waals surface area contributed by atoms with Crippen molar-refractivity contribution in [1.29, 1.82) is 0 Å². The van der Waals surface area contributed by atoms with Gasteiger partial charge in [-0.2, -0.15) is 4.39 Å². The Morgan fingerprint density at radius 3 is 2.80 bits per heavy atom. The van der Waals surface area contributed by atoms with Crippen molar-refractivity contribution in [1.82, 2.24) is 9.88 Å². The summed E-state index contributed by atoms with van der Waals surface area (Å²) in [7, 11) is 1.70. The summed E-state index contributed by atoms with van der Waals surface area (Å²) in [5.41, 5.74) is 2.03. The molecule has 0 saturated carbocycles. The quantitative estimate of drug-likeness (QED) is 0.756. The van der Waals surface area contributed by atoms with Gasteiger partial charge in [0.2, 0.25) is 5.95 Å². The SMILES string of the molecule is CN1Cc2ccc(-c3nc(F)c(F)cc3Cl)cc2C1=O. The lowest BCUT2D eigenvalue weighted by Crippen LogP contribution is -2.17. The summed E-state index contributed by atoms with van der Waals surface area (Å²) in [4.78, 5) is 17.0. The molecule has 0 spiro atoms. The van der Waals surface area contributed by atoms with E-state index in [1.807, 2.05) is 0 Å². The minimum atomic E-state index is -1.21. The van der Waals surface area contributed by atoms with Gasteiger partial charge in [-0.05, 0) is 17.7 Å². The number of pyridine rings is 1. The van der Waals surface area contributed by atoms with Gasteiger partial charge < -0.3 is 4.90 Å². The molecule has 0 saturated heterocycles. The first-order valence-electron chi connectivity index (χ1n) is 5.87. The van der Waals surface area contributed by atoms with Gasteiger partial charge in [-0.15, -0.1) is 0 Å². The number of carbonyl (C=O) groups excluding carboxylic acids is 1. The van der Waals surface area contributed by atoms with Crippen LogP contribution in [0.5, 0.6) is 0 Å². The Labute approximate surface area is 118 Å². The molecule has 0 bridgehead atoms. The minimum Gasteiger partial charge on any atom is -0.337 e. The van der Waals surface area contributed by atoms with Crippen molar-refractivity contribution in [3.63, 3.8) is 0 Å². The van der Waals surface area contributed by atoms with Crippen molar-refractivity contribution in [2.24, 2.45) is 0 Å². The standard InChI is InChI=1S/C14H9ClF2N2O/c1-19-6-8-3-2-7(4-9(8)14(19)20)12-10(15)5-11(16)13(17)18-12/h2-5H,6H2,1H3. The molecule has 0 radical (unpaired) electrons. The van der Waals surface area contributed by atoms with E-state index >= 15 is 0 Å². The fraction of sp³-hybridized carbons (Fsp3) is 0.143. The van der Waals surface area contributed by atoms with Gasteiger partial charge in [-0.1, -0.05) is 23.7 Å². The maximum absolute atomic E-state index is 13.2. The average Bonchev–Trinajstić information content (AvgIpc) is 2.69. The summed E-state index contributed by atoms with van der Waals surface area (Å²) < 4.78 is 26.3. The van der Waals surface area contributed by atoms with E-state index in [2.05, 4.69) is 4.98 Å². The van der Waals surface area contributed by atoms with Crippen molar-refractivity contribution in [2.75, 3.05) is 7.05 Å². The molecule has 1 aliphatic rings. The predicted octanol–water partition coefficient (Wildman–Crippen LogP) is 3.27. The van der Waals surface area contributed by atoms with Crippen LogP contribution in [-0.2, 0) is 6.54 Å². The number of benzene rings is 1. The molecule has 3 rings (SSSR count). The molecular weight excluding hydrogens is 286 g/mol. The van der Waals surface area contributed by atoms with Crippen LogP contribution in [0, 0.1) is 11.8 Å². The minimum absolute atomic E-state index is 0.00245. The van der Waals surface area contributed by atoms with E-state index in [9.17, 15) is 13.6 Å². The molecule has 2 aromatic rings. The van der Waals surface area contributed by atoms with Crippen LogP contribution in [0.15, 0.2) is 24.3 Å². The Bertz CT molecular complexity index is 733. The highest BCUT2D eigenvalue weighted by Gasteiger charge is 2.25. The molecule has 3 nitrogen and oxygen atoms in total. The molecule has 1 amide bonds. The molecule has 1 aromatic heterocycles. The number of amides is 1. The topological polar surface area (TPSA) is 33.2 Å². The summed E-state index contributed by atoms with van der Waals surface area (Å²) in [5.74, 6) is -2.43. The van der Waals surface area contributed by atoms with E-state index in [1.54, 1.807) is 30.1 Å². The Morgan fingerprint density at radius 1 is 1.30 bits per heavy atom. The van der Waals surface area contributed by atoms with Gasteiger partial charge >= 0.3 is 0 Å². The van der Waals surface area contributed by atoms with Crippen LogP contribution in [0.2, 0.25) is 5.02 Å². The second kappa shape index (κ2) is 4.52. The van der Waals surface area contributed by atoms with Crippen LogP contribution in [0.1, 0.15) is 15.9 Å². The van der Waals surface area contributed by atoms with E-state index in [-0.39, 0.29) is 16.6 Å². The Morgan fingerprint density at radius 2 is 2.05 bits per heavy atom. The zero-order chi connectivity index (χ0) is 14.4. The van der Waals surface area contributed by atoms with Gasteiger partial charge in [0, 0.05) is 24.7 Å². The average molecular weight is 295 g/mol. The predicted molar refractivity (Wildman–Crippen MR) is 70.4 cm³/mol. The van der Waals surface area contributed by atoms with E-state index in [0.29, 0.717) is 17.7 Å². The number of hydrogen-bond acceptors (Lipinski definition) is 2. The molecule has 0 unspecified atom stereocenters. The maximum Gasteiger partial charge on any atom is 0.254 e. The Balaban J connectivity index is 2.14. The van der Waals surface area contributed by atoms with Crippen LogP contribution in [-0.4, -0.2) is 22.8 Å². The van der Waals surface area contributed by atoms with E-state index in [0.717, 1.165) is 11.6 Å². The smallest absolute Gasteiger partial charge is 0.254 e. The number of carbonyl (C=O) groups is 1. The largest absolute Gasteiger partial charge is 0.337 e. The first-order valence-corrected chi connectivity index (χ1v) is 6.25. The van der Waals surface area contributed by atoms with Crippen LogP contribution in [0.4, 0.5) is 8.78 Å². The Kier molecular flexibility index (Phi) is 2.94. The highest BCUT2D eigenvalue weighted by atomic mass is 35.5. The number of nitrogens with zero attached hydrogens (tertiary/aromatic N) is 2. The summed E-state index contributed by atoms with van der Waals surface area (Å²) >= 11 is 5.89. The third-order valence-electron chi connectivity index (χ3n) is 3.25. The van der Waals surface area contributed by atoms with Crippen LogP contribution in [0.3, 0.4) is 0 Å². The Hall–Kier alpha value is -2.01. The molecule has 102 valence electrons. The van der Waals surface area contributed by atoms with Gasteiger partial charge in [0.15, 0.2) is 5.82 Å². The first-order chi connectivity index (χ1) is 9.47. The molecular formula is C14H9ClF2N2O. The molecule has 0 fully saturated rings. The van der Waals surface area contributed by atoms with Gasteiger partial charge in [-0.25, -0.2) is 9.37 Å². The number of rotatable bonds is 1. The summed E-state index contributed by atoms with van der Waals surface area (Å²) in [5, 5.41) is 0.00245. The first kappa shape index (κ1) is 13.0. The van der Waals surface area contributed by atoms with Gasteiger partial charge in [0.05, 0.1) is 10.7 Å². The second-order valence-corrected chi connectivity index (χ2v) is 5.03. The third-order valence-corrected chi connectivity index (χ3v) is 3.54. The molecule has 20 heavy (non-hydrogen) atoms.